The number of nitrogens with two attached hydrogens (primary N) is 1. The van der Waals surface area contributed by atoms with Crippen molar-refractivity contribution in [1.29, 1.82) is 0 Å². The lowest BCUT2D eigenvalue weighted by Crippen LogP contribution is -2.39. The second-order valence-corrected chi connectivity index (χ2v) is 8.36. The van der Waals surface area contributed by atoms with Gasteiger partial charge in [0.15, 0.2) is 5.58 Å². The van der Waals surface area contributed by atoms with E-state index in [-0.39, 0.29) is 17.2 Å². The number of rotatable bonds is 3. The van der Waals surface area contributed by atoms with E-state index in [2.05, 4.69) is 12.1 Å². The number of hydrogen-bond donors (Lipinski definition) is 2. The molecule has 0 unspecified atom stereocenters. The van der Waals surface area contributed by atoms with Crippen LogP contribution in [0.1, 0.15) is 40.2 Å². The number of piperidine rings is 1. The molecule has 1 saturated heterocycles. The van der Waals surface area contributed by atoms with Gasteiger partial charge in [-0.2, -0.15) is 0 Å². The molecule has 1 aromatic heterocycles. The highest BCUT2D eigenvalue weighted by molar-refractivity contribution is 14.1. The fourth-order valence-corrected chi connectivity index (χ4v) is 4.45. The normalized spacial score (nSPS) is 15.0. The maximum Gasteiger partial charge on any atom is 0.349 e. The molecule has 1 aliphatic rings. The number of likely N-dealkylation sites (tertiary alicyclic amines) is 1. The number of aromatic hydroxyl groups is 1. The number of fused-ring (bicyclic) bond motifs is 1. The third-order valence-electron chi connectivity index (χ3n) is 5.49. The molecule has 2 heterocycles. The van der Waals surface area contributed by atoms with Gasteiger partial charge in [0.1, 0.15) is 11.3 Å². The molecule has 0 aliphatic carbocycles. The van der Waals surface area contributed by atoms with Gasteiger partial charge in [0.25, 0.3) is 5.91 Å². The number of carbonyl (C=O) groups is 1. The van der Waals surface area contributed by atoms with E-state index in [1.165, 1.54) is 11.6 Å². The second-order valence-electron chi connectivity index (χ2n) is 7.28. The van der Waals surface area contributed by atoms with Crippen molar-refractivity contribution in [2.75, 3.05) is 13.1 Å². The van der Waals surface area contributed by atoms with Crippen molar-refractivity contribution >= 4 is 39.5 Å². The van der Waals surface area contributed by atoms with Crippen LogP contribution in [0.4, 0.5) is 0 Å². The maximum atomic E-state index is 13.0. The van der Waals surface area contributed by atoms with Gasteiger partial charge in [0.05, 0.1) is 3.57 Å². The van der Waals surface area contributed by atoms with Crippen molar-refractivity contribution in [3.05, 3.63) is 73.1 Å². The molecule has 0 radical (unpaired) electrons. The van der Waals surface area contributed by atoms with Crippen LogP contribution in [0.3, 0.4) is 0 Å². The number of nitrogens with zero attached hydrogens (tertiary/aromatic N) is 1. The Balaban J connectivity index is 1.53. The summed E-state index contributed by atoms with van der Waals surface area (Å²) < 4.78 is 5.81. The first-order valence-electron chi connectivity index (χ1n) is 9.51. The molecule has 7 heteroatoms. The molecule has 150 valence electrons. The van der Waals surface area contributed by atoms with Crippen molar-refractivity contribution in [3.63, 3.8) is 0 Å². The Kier molecular flexibility index (Phi) is 5.60. The standard InChI is InChI=1S/C22H21IN2O4/c23-19-18(26)5-4-16-11-17(22(28)29-20(16)19)21(27)25-8-6-14(7-9-25)15-3-1-2-13(10-15)12-24/h1-5,10-11,14,26H,6-9,12,24H2. The minimum absolute atomic E-state index is 0.0302. The molecular weight excluding hydrogens is 483 g/mol. The highest BCUT2D eigenvalue weighted by Crippen LogP contribution is 2.30. The Morgan fingerprint density at radius 1 is 1.21 bits per heavy atom. The first kappa shape index (κ1) is 19.9. The van der Waals surface area contributed by atoms with Crippen molar-refractivity contribution in [2.24, 2.45) is 5.73 Å². The average Bonchev–Trinajstić information content (AvgIpc) is 2.76. The van der Waals surface area contributed by atoms with Crippen LogP contribution in [-0.4, -0.2) is 29.0 Å². The van der Waals surface area contributed by atoms with E-state index in [9.17, 15) is 14.7 Å². The molecule has 29 heavy (non-hydrogen) atoms. The predicted molar refractivity (Wildman–Crippen MR) is 119 cm³/mol. The number of carbonyl (C=O) groups excluding carboxylic acids is 1. The topological polar surface area (TPSA) is 96.8 Å². The molecule has 0 saturated carbocycles. The van der Waals surface area contributed by atoms with Gasteiger partial charge in [0, 0.05) is 25.0 Å². The number of hydrogen-bond acceptors (Lipinski definition) is 5. The molecule has 3 aromatic rings. The summed E-state index contributed by atoms with van der Waals surface area (Å²) in [5.41, 5.74) is 7.75. The van der Waals surface area contributed by atoms with Gasteiger partial charge in [-0.3, -0.25) is 4.79 Å². The summed E-state index contributed by atoms with van der Waals surface area (Å²) in [6.07, 6.45) is 1.68. The molecule has 0 atom stereocenters. The van der Waals surface area contributed by atoms with E-state index in [0.29, 0.717) is 40.1 Å². The van der Waals surface area contributed by atoms with Crippen LogP contribution in [0.25, 0.3) is 11.0 Å². The second kappa shape index (κ2) is 8.16. The van der Waals surface area contributed by atoms with Gasteiger partial charge in [-0.25, -0.2) is 4.79 Å². The molecule has 6 nitrogen and oxygen atoms in total. The molecule has 1 fully saturated rings. The zero-order chi connectivity index (χ0) is 20.5. The summed E-state index contributed by atoms with van der Waals surface area (Å²) in [4.78, 5) is 27.1. The predicted octanol–water partition coefficient (Wildman–Crippen LogP) is 3.58. The Morgan fingerprint density at radius 3 is 2.69 bits per heavy atom. The van der Waals surface area contributed by atoms with Crippen molar-refractivity contribution in [2.45, 2.75) is 25.3 Å². The summed E-state index contributed by atoms with van der Waals surface area (Å²) in [6.45, 7) is 1.68. The van der Waals surface area contributed by atoms with Crippen molar-refractivity contribution in [1.82, 2.24) is 4.90 Å². The first-order valence-corrected chi connectivity index (χ1v) is 10.6. The monoisotopic (exact) mass is 504 g/mol. The van der Waals surface area contributed by atoms with Crippen LogP contribution in [0.5, 0.6) is 5.75 Å². The highest BCUT2D eigenvalue weighted by Gasteiger charge is 2.27. The molecule has 0 spiro atoms. The zero-order valence-electron chi connectivity index (χ0n) is 15.7. The summed E-state index contributed by atoms with van der Waals surface area (Å²) >= 11 is 1.92. The molecule has 2 aromatic carbocycles. The number of amides is 1. The van der Waals surface area contributed by atoms with Crippen LogP contribution < -0.4 is 11.4 Å². The van der Waals surface area contributed by atoms with Crippen LogP contribution in [0, 0.1) is 3.57 Å². The Hall–Kier alpha value is -2.39. The quantitative estimate of drug-likeness (QED) is 0.420. The van der Waals surface area contributed by atoms with Gasteiger partial charge in [0.2, 0.25) is 0 Å². The molecule has 1 aliphatic heterocycles. The summed E-state index contributed by atoms with van der Waals surface area (Å²) in [5, 5.41) is 10.4. The minimum Gasteiger partial charge on any atom is -0.507 e. The Morgan fingerprint density at radius 2 is 1.97 bits per heavy atom. The SMILES string of the molecule is NCc1cccc(C2CCN(C(=O)c3cc4ccc(O)c(I)c4oc3=O)CC2)c1. The van der Waals surface area contributed by atoms with E-state index in [0.717, 1.165) is 18.4 Å². The lowest BCUT2D eigenvalue weighted by molar-refractivity contribution is 0.0709. The summed E-state index contributed by atoms with van der Waals surface area (Å²) in [6, 6.07) is 13.0. The third-order valence-corrected chi connectivity index (χ3v) is 6.53. The lowest BCUT2D eigenvalue weighted by Gasteiger charge is -2.32. The van der Waals surface area contributed by atoms with Crippen LogP contribution >= 0.6 is 22.6 Å². The van der Waals surface area contributed by atoms with Crippen LogP contribution in [0.2, 0.25) is 0 Å². The maximum absolute atomic E-state index is 13.0. The van der Waals surface area contributed by atoms with Crippen molar-refractivity contribution < 1.29 is 14.3 Å². The summed E-state index contributed by atoms with van der Waals surface area (Å²) in [5.74, 6) is 0.113. The Bertz CT molecular complexity index is 1130. The van der Waals surface area contributed by atoms with E-state index in [1.807, 2.05) is 34.7 Å². The molecule has 1 amide bonds. The van der Waals surface area contributed by atoms with E-state index in [4.69, 9.17) is 10.2 Å². The number of benzene rings is 2. The van der Waals surface area contributed by atoms with Crippen LogP contribution in [0.15, 0.2) is 51.7 Å². The van der Waals surface area contributed by atoms with E-state index >= 15 is 0 Å². The minimum atomic E-state index is -0.677. The van der Waals surface area contributed by atoms with Gasteiger partial charge < -0.3 is 20.2 Å². The Labute approximate surface area is 181 Å². The molecule has 4 rings (SSSR count). The average molecular weight is 504 g/mol. The van der Waals surface area contributed by atoms with E-state index < -0.39 is 5.63 Å². The van der Waals surface area contributed by atoms with Gasteiger partial charge in [-0.05, 0) is 70.7 Å². The summed E-state index contributed by atoms with van der Waals surface area (Å²) in [7, 11) is 0. The number of halogens is 1. The third kappa shape index (κ3) is 3.89. The largest absolute Gasteiger partial charge is 0.507 e. The molecule has 0 bridgehead atoms. The van der Waals surface area contributed by atoms with Crippen LogP contribution in [-0.2, 0) is 6.54 Å². The highest BCUT2D eigenvalue weighted by atomic mass is 127. The molecule has 3 N–H and O–H groups in total. The van der Waals surface area contributed by atoms with E-state index in [1.54, 1.807) is 17.0 Å². The fourth-order valence-electron chi connectivity index (χ4n) is 3.85. The number of phenols is 1. The van der Waals surface area contributed by atoms with Gasteiger partial charge in [-0.1, -0.05) is 24.3 Å². The number of phenolic OH excluding ortho intramolecular Hbond substituents is 1. The molecular formula is C22H21IN2O4. The van der Waals surface area contributed by atoms with Gasteiger partial charge >= 0.3 is 5.63 Å². The lowest BCUT2D eigenvalue weighted by atomic mass is 9.88. The fraction of sp³-hybridized carbons (Fsp3) is 0.273. The van der Waals surface area contributed by atoms with Crippen molar-refractivity contribution in [3.8, 4) is 5.75 Å². The zero-order valence-corrected chi connectivity index (χ0v) is 17.9. The smallest absolute Gasteiger partial charge is 0.349 e. The van der Waals surface area contributed by atoms with Gasteiger partial charge in [-0.15, -0.1) is 0 Å². The first-order chi connectivity index (χ1) is 14.0.